The topological polar surface area (TPSA) is 40.5 Å². The molecule has 0 aliphatic carbocycles. The molecule has 2 rings (SSSR count). The first kappa shape index (κ1) is 10.6. The molecule has 1 aromatic heterocycles. The first-order valence-electron chi connectivity index (χ1n) is 5.06. The molecule has 80 valence electrons. The average molecular weight is 222 g/mol. The molecule has 15 heavy (non-hydrogen) atoms. The third-order valence-electron chi connectivity index (χ3n) is 2.61. The van der Waals surface area contributed by atoms with Crippen LogP contribution in [-0.4, -0.2) is 16.3 Å². The number of fused-ring (bicyclic) bond motifs is 1. The van der Waals surface area contributed by atoms with Crippen LogP contribution in [0.2, 0.25) is 0 Å². The predicted molar refractivity (Wildman–Crippen MR) is 63.1 cm³/mol. The molecule has 2 N–H and O–H groups in total. The molecule has 2 atom stereocenters. The van der Waals surface area contributed by atoms with Gasteiger partial charge in [-0.1, -0.05) is 25.1 Å². The summed E-state index contributed by atoms with van der Waals surface area (Å²) in [5.74, 6) is 0. The quantitative estimate of drug-likeness (QED) is 0.838. The maximum Gasteiger partial charge on any atom is 0.106 e. The number of thiophene rings is 1. The van der Waals surface area contributed by atoms with Crippen molar-refractivity contribution in [2.75, 3.05) is 0 Å². The Morgan fingerprint density at radius 1 is 1.27 bits per heavy atom. The van der Waals surface area contributed by atoms with Crippen molar-refractivity contribution in [3.05, 3.63) is 35.2 Å². The van der Waals surface area contributed by atoms with E-state index in [2.05, 4.69) is 0 Å². The van der Waals surface area contributed by atoms with E-state index in [4.69, 9.17) is 0 Å². The van der Waals surface area contributed by atoms with E-state index in [9.17, 15) is 10.2 Å². The zero-order chi connectivity index (χ0) is 10.8. The Bertz CT molecular complexity index is 450. The van der Waals surface area contributed by atoms with Crippen LogP contribution >= 0.6 is 11.3 Å². The second kappa shape index (κ2) is 4.31. The number of rotatable bonds is 3. The van der Waals surface area contributed by atoms with Crippen molar-refractivity contribution in [3.63, 3.8) is 0 Å². The van der Waals surface area contributed by atoms with Gasteiger partial charge < -0.3 is 10.2 Å². The smallest absolute Gasteiger partial charge is 0.106 e. The van der Waals surface area contributed by atoms with Crippen molar-refractivity contribution < 1.29 is 10.2 Å². The molecule has 0 aliphatic rings. The van der Waals surface area contributed by atoms with Crippen LogP contribution < -0.4 is 0 Å². The van der Waals surface area contributed by atoms with E-state index in [0.29, 0.717) is 6.42 Å². The van der Waals surface area contributed by atoms with Crippen LogP contribution in [0.15, 0.2) is 29.6 Å². The summed E-state index contributed by atoms with van der Waals surface area (Å²) in [6.07, 6.45) is -0.904. The minimum Gasteiger partial charge on any atom is -0.390 e. The van der Waals surface area contributed by atoms with Gasteiger partial charge in [0.2, 0.25) is 0 Å². The molecule has 0 aliphatic heterocycles. The lowest BCUT2D eigenvalue weighted by Crippen LogP contribution is -2.16. The summed E-state index contributed by atoms with van der Waals surface area (Å²) >= 11 is 1.60. The molecular weight excluding hydrogens is 208 g/mol. The van der Waals surface area contributed by atoms with Crippen molar-refractivity contribution in [1.29, 1.82) is 0 Å². The summed E-state index contributed by atoms with van der Waals surface area (Å²) in [5, 5.41) is 22.7. The highest BCUT2D eigenvalue weighted by molar-refractivity contribution is 7.17. The summed E-state index contributed by atoms with van der Waals surface area (Å²) in [6, 6.07) is 7.83. The van der Waals surface area contributed by atoms with Crippen LogP contribution in [0, 0.1) is 0 Å². The first-order chi connectivity index (χ1) is 7.24. The van der Waals surface area contributed by atoms with Gasteiger partial charge in [0.25, 0.3) is 0 Å². The fraction of sp³-hybridized carbons (Fsp3) is 0.333. The molecule has 0 amide bonds. The van der Waals surface area contributed by atoms with Crippen LogP contribution in [0.1, 0.15) is 25.0 Å². The Morgan fingerprint density at radius 3 is 2.80 bits per heavy atom. The largest absolute Gasteiger partial charge is 0.390 e. The summed E-state index contributed by atoms with van der Waals surface area (Å²) in [7, 11) is 0. The monoisotopic (exact) mass is 222 g/mol. The summed E-state index contributed by atoms with van der Waals surface area (Å²) in [5.41, 5.74) is 0.830. The maximum atomic E-state index is 9.96. The summed E-state index contributed by atoms with van der Waals surface area (Å²) in [4.78, 5) is 0. The molecule has 2 nitrogen and oxygen atoms in total. The van der Waals surface area contributed by atoms with Gasteiger partial charge in [0, 0.05) is 10.3 Å². The zero-order valence-corrected chi connectivity index (χ0v) is 9.37. The standard InChI is InChI=1S/C12H14O2S/c1-2-10(13)11(14)9-5-3-4-8-6-7-15-12(8)9/h3-7,10-11,13-14H,2H2,1H3. The Balaban J connectivity index is 2.46. The van der Waals surface area contributed by atoms with Crippen LogP contribution in [0.25, 0.3) is 10.1 Å². The minimum atomic E-state index is -0.780. The van der Waals surface area contributed by atoms with Crippen molar-refractivity contribution in [2.45, 2.75) is 25.6 Å². The lowest BCUT2D eigenvalue weighted by atomic mass is 10.0. The molecule has 0 saturated heterocycles. The highest BCUT2D eigenvalue weighted by atomic mass is 32.1. The lowest BCUT2D eigenvalue weighted by molar-refractivity contribution is 0.0174. The average Bonchev–Trinajstić information content (AvgIpc) is 2.74. The zero-order valence-electron chi connectivity index (χ0n) is 8.55. The molecule has 2 aromatic rings. The fourth-order valence-electron chi connectivity index (χ4n) is 1.68. The third-order valence-corrected chi connectivity index (χ3v) is 3.59. The van der Waals surface area contributed by atoms with Crippen LogP contribution in [0.3, 0.4) is 0 Å². The van der Waals surface area contributed by atoms with E-state index >= 15 is 0 Å². The van der Waals surface area contributed by atoms with Gasteiger partial charge >= 0.3 is 0 Å². The highest BCUT2D eigenvalue weighted by Crippen LogP contribution is 2.30. The second-order valence-corrected chi connectivity index (χ2v) is 4.52. The maximum absolute atomic E-state index is 9.96. The van der Waals surface area contributed by atoms with E-state index in [-0.39, 0.29) is 0 Å². The summed E-state index contributed by atoms with van der Waals surface area (Å²) < 4.78 is 1.07. The number of aliphatic hydroxyl groups is 2. The fourth-order valence-corrected chi connectivity index (χ4v) is 2.63. The molecule has 0 bridgehead atoms. The molecule has 1 aromatic carbocycles. The van der Waals surface area contributed by atoms with Gasteiger partial charge in [0.15, 0.2) is 0 Å². The van der Waals surface area contributed by atoms with E-state index in [1.165, 1.54) is 0 Å². The molecule has 2 unspecified atom stereocenters. The van der Waals surface area contributed by atoms with Gasteiger partial charge in [-0.3, -0.25) is 0 Å². The summed E-state index contributed by atoms with van der Waals surface area (Å²) in [6.45, 7) is 1.86. The number of hydrogen-bond acceptors (Lipinski definition) is 3. The number of benzene rings is 1. The van der Waals surface area contributed by atoms with Crippen molar-refractivity contribution in [3.8, 4) is 0 Å². The van der Waals surface area contributed by atoms with Gasteiger partial charge in [-0.25, -0.2) is 0 Å². The van der Waals surface area contributed by atoms with Crippen molar-refractivity contribution >= 4 is 21.4 Å². The molecule has 0 fully saturated rings. The highest BCUT2D eigenvalue weighted by Gasteiger charge is 2.18. The van der Waals surface area contributed by atoms with Crippen LogP contribution in [0.5, 0.6) is 0 Å². The van der Waals surface area contributed by atoms with Gasteiger partial charge in [-0.05, 0) is 23.3 Å². The molecule has 3 heteroatoms. The van der Waals surface area contributed by atoms with Crippen molar-refractivity contribution in [1.82, 2.24) is 0 Å². The van der Waals surface area contributed by atoms with Gasteiger partial charge in [0.1, 0.15) is 6.10 Å². The van der Waals surface area contributed by atoms with E-state index in [1.807, 2.05) is 36.6 Å². The van der Waals surface area contributed by atoms with Crippen molar-refractivity contribution in [2.24, 2.45) is 0 Å². The molecule has 0 radical (unpaired) electrons. The van der Waals surface area contributed by atoms with Crippen LogP contribution in [0.4, 0.5) is 0 Å². The second-order valence-electron chi connectivity index (χ2n) is 3.61. The SMILES string of the molecule is CCC(O)C(O)c1cccc2ccsc12. The predicted octanol–water partition coefficient (Wildman–Crippen LogP) is 2.71. The van der Waals surface area contributed by atoms with E-state index in [0.717, 1.165) is 15.6 Å². The van der Waals surface area contributed by atoms with E-state index < -0.39 is 12.2 Å². The number of aliphatic hydroxyl groups excluding tert-OH is 2. The molecule has 0 spiro atoms. The van der Waals surface area contributed by atoms with Gasteiger partial charge in [-0.2, -0.15) is 0 Å². The first-order valence-corrected chi connectivity index (χ1v) is 5.94. The molecular formula is C12H14O2S. The Labute approximate surface area is 92.8 Å². The van der Waals surface area contributed by atoms with Gasteiger partial charge in [-0.15, -0.1) is 11.3 Å². The Hall–Kier alpha value is -0.900. The molecule has 1 heterocycles. The number of hydrogen-bond donors (Lipinski definition) is 2. The normalized spacial score (nSPS) is 15.4. The van der Waals surface area contributed by atoms with Gasteiger partial charge in [0.05, 0.1) is 6.10 Å². The Morgan fingerprint density at radius 2 is 2.07 bits per heavy atom. The third kappa shape index (κ3) is 1.91. The van der Waals surface area contributed by atoms with E-state index in [1.54, 1.807) is 11.3 Å². The van der Waals surface area contributed by atoms with Crippen LogP contribution in [-0.2, 0) is 0 Å². The minimum absolute atomic E-state index is 0.558. The Kier molecular flexibility index (Phi) is 3.05. The lowest BCUT2D eigenvalue weighted by Gasteiger charge is -2.17. The molecule has 0 saturated carbocycles.